The second kappa shape index (κ2) is 12.7. The van der Waals surface area contributed by atoms with Crippen LogP contribution in [0.5, 0.6) is 11.8 Å². The lowest BCUT2D eigenvalue weighted by atomic mass is 9.72. The number of carbonyl (C=O) groups excluding carboxylic acids is 1. The van der Waals surface area contributed by atoms with Crippen molar-refractivity contribution in [1.82, 2.24) is 19.8 Å². The van der Waals surface area contributed by atoms with Crippen LogP contribution in [0.15, 0.2) is 10.5 Å². The molecule has 0 bridgehead atoms. The van der Waals surface area contributed by atoms with Crippen LogP contribution in [0.2, 0.25) is 5.02 Å². The van der Waals surface area contributed by atoms with Crippen molar-refractivity contribution in [3.63, 3.8) is 0 Å². The van der Waals surface area contributed by atoms with Crippen LogP contribution < -0.4 is 14.4 Å². The number of hydrogen-bond donors (Lipinski definition) is 0. The number of fused-ring (bicyclic) bond motifs is 1. The van der Waals surface area contributed by atoms with Crippen LogP contribution in [-0.4, -0.2) is 90.0 Å². The summed E-state index contributed by atoms with van der Waals surface area (Å²) in [5.41, 5.74) is 0.338. The Balaban J connectivity index is 0.00000387. The number of nitrogens with zero attached hydrogens (tertiary/aromatic N) is 5. The first-order chi connectivity index (χ1) is 19.0. The molecule has 1 aromatic carbocycles. The van der Waals surface area contributed by atoms with E-state index < -0.39 is 5.60 Å². The number of hydrogen-bond acceptors (Lipinski definition) is 8. The molecule has 3 saturated heterocycles. The normalized spacial score (nSPS) is 19.6. The van der Waals surface area contributed by atoms with E-state index in [1.807, 2.05) is 38.7 Å². The summed E-state index contributed by atoms with van der Waals surface area (Å²) in [6, 6.07) is 2.30. The monoisotopic (exact) mass is 653 g/mol. The van der Waals surface area contributed by atoms with Gasteiger partial charge in [0.15, 0.2) is 5.75 Å². The summed E-state index contributed by atoms with van der Waals surface area (Å²) in [6.07, 6.45) is 3.69. The van der Waals surface area contributed by atoms with Gasteiger partial charge in [0, 0.05) is 50.1 Å². The number of rotatable bonds is 6. The van der Waals surface area contributed by atoms with Crippen molar-refractivity contribution in [2.24, 2.45) is 5.41 Å². The molecule has 11 heteroatoms. The van der Waals surface area contributed by atoms with Gasteiger partial charge in [0.1, 0.15) is 23.0 Å². The van der Waals surface area contributed by atoms with Gasteiger partial charge >= 0.3 is 12.1 Å². The Kier molecular flexibility index (Phi) is 9.86. The minimum atomic E-state index is -0.485. The van der Waals surface area contributed by atoms with Gasteiger partial charge in [0.2, 0.25) is 0 Å². The van der Waals surface area contributed by atoms with E-state index >= 15 is 0 Å². The van der Waals surface area contributed by atoms with Gasteiger partial charge in [-0.2, -0.15) is 9.97 Å². The molecule has 41 heavy (non-hydrogen) atoms. The third-order valence-electron chi connectivity index (χ3n) is 8.17. The third kappa shape index (κ3) is 6.96. The summed E-state index contributed by atoms with van der Waals surface area (Å²) in [5.74, 6) is 1.43. The minimum Gasteiger partial charge on any atom is -0.490 e. The van der Waals surface area contributed by atoms with Crippen molar-refractivity contribution in [3.8, 4) is 11.8 Å². The molecule has 0 N–H and O–H groups in total. The van der Waals surface area contributed by atoms with Gasteiger partial charge in [-0.3, -0.25) is 0 Å². The zero-order valence-corrected chi connectivity index (χ0v) is 26.6. The van der Waals surface area contributed by atoms with E-state index in [1.165, 1.54) is 0 Å². The third-order valence-corrected chi connectivity index (χ3v) is 9.48. The number of halogens is 2. The molecule has 0 saturated carbocycles. The Morgan fingerprint density at radius 3 is 2.37 bits per heavy atom. The predicted molar refractivity (Wildman–Crippen MR) is 168 cm³/mol. The van der Waals surface area contributed by atoms with Crippen molar-refractivity contribution in [3.05, 3.63) is 15.6 Å². The molecule has 3 aliphatic rings. The summed E-state index contributed by atoms with van der Waals surface area (Å²) in [5, 5.41) is 1.41. The molecule has 5 rings (SSSR count). The molecule has 9 nitrogen and oxygen atoms in total. The van der Waals surface area contributed by atoms with E-state index in [1.54, 1.807) is 0 Å². The number of aromatic nitrogens is 2. The molecule has 0 unspecified atom stereocenters. The maximum atomic E-state index is 12.5. The van der Waals surface area contributed by atoms with E-state index in [9.17, 15) is 4.79 Å². The fourth-order valence-corrected chi connectivity index (χ4v) is 6.55. The second-order valence-corrected chi connectivity index (χ2v) is 13.4. The molecule has 3 fully saturated rings. The highest BCUT2D eigenvalue weighted by Crippen LogP contribution is 2.45. The van der Waals surface area contributed by atoms with E-state index in [4.69, 9.17) is 35.8 Å². The van der Waals surface area contributed by atoms with E-state index in [-0.39, 0.29) is 25.0 Å². The Morgan fingerprint density at radius 2 is 1.78 bits per heavy atom. The number of amides is 1. The summed E-state index contributed by atoms with van der Waals surface area (Å²) in [4.78, 5) is 28.9. The second-order valence-electron chi connectivity index (χ2n) is 12.2. The molecule has 0 radical (unpaired) electrons. The van der Waals surface area contributed by atoms with E-state index in [0.29, 0.717) is 33.4 Å². The lowest BCUT2D eigenvalue weighted by Crippen LogP contribution is -2.62. The van der Waals surface area contributed by atoms with Crippen molar-refractivity contribution in [1.29, 1.82) is 0 Å². The van der Waals surface area contributed by atoms with E-state index in [0.717, 1.165) is 82.7 Å². The fourth-order valence-electron chi connectivity index (χ4n) is 5.94. The first-order valence-corrected chi connectivity index (χ1v) is 15.6. The first-order valence-electron chi connectivity index (χ1n) is 14.5. The Hall–Kier alpha value is -2.04. The molecular formula is C30H45BrClN5O4. The van der Waals surface area contributed by atoms with Crippen LogP contribution in [0.1, 0.15) is 67.7 Å². The lowest BCUT2D eigenvalue weighted by molar-refractivity contribution is -0.0434. The quantitative estimate of drug-likeness (QED) is 0.337. The smallest absolute Gasteiger partial charge is 0.410 e. The average Bonchev–Trinajstić information content (AvgIpc) is 2.89. The molecular weight excluding hydrogens is 610 g/mol. The van der Waals surface area contributed by atoms with Crippen LogP contribution in [0.25, 0.3) is 10.9 Å². The van der Waals surface area contributed by atoms with Crippen LogP contribution in [0.3, 0.4) is 0 Å². The van der Waals surface area contributed by atoms with Crippen molar-refractivity contribution in [2.45, 2.75) is 79.4 Å². The first kappa shape index (κ1) is 31.9. The molecule has 1 amide bonds. The molecule has 2 aromatic rings. The van der Waals surface area contributed by atoms with Crippen molar-refractivity contribution < 1.29 is 19.0 Å². The van der Waals surface area contributed by atoms with Gasteiger partial charge in [-0.1, -0.05) is 26.0 Å². The Labute approximate surface area is 258 Å². The topological polar surface area (TPSA) is 80.3 Å². The molecule has 1 aromatic heterocycles. The molecule has 0 atom stereocenters. The number of piperidine rings is 2. The van der Waals surface area contributed by atoms with Crippen LogP contribution >= 0.6 is 27.5 Å². The van der Waals surface area contributed by atoms with Gasteiger partial charge in [-0.05, 0) is 81.9 Å². The van der Waals surface area contributed by atoms with Crippen molar-refractivity contribution >= 4 is 50.3 Å². The highest BCUT2D eigenvalue weighted by molar-refractivity contribution is 9.10. The van der Waals surface area contributed by atoms with Crippen LogP contribution in [-0.2, 0) is 4.74 Å². The largest absolute Gasteiger partial charge is 0.490 e. The van der Waals surface area contributed by atoms with E-state index in [2.05, 4.69) is 32.7 Å². The fraction of sp³-hybridized carbons (Fsp3) is 0.700. The minimum absolute atomic E-state index is 0. The number of anilines is 1. The van der Waals surface area contributed by atoms with Crippen LogP contribution in [0.4, 0.5) is 10.6 Å². The molecule has 0 aliphatic carbocycles. The standard InChI is InChI=1S/C29H41BrClN5O4.CH4/c1-6-34-12-8-19(9-13-34)39-26-32-23-20(16-21(31)22(30)24(23)38-7-2)25(33-26)35-14-10-29(11-15-35)17-36(18-29)27(37)40-28(3,4)5;/h16,19H,6-15,17-18H2,1-5H3;1H4. The molecule has 1 spiro atoms. The zero-order chi connectivity index (χ0) is 28.7. The molecule has 4 heterocycles. The maximum absolute atomic E-state index is 12.5. The highest BCUT2D eigenvalue weighted by atomic mass is 79.9. The number of carbonyl (C=O) groups is 1. The zero-order valence-electron chi connectivity index (χ0n) is 24.3. The van der Waals surface area contributed by atoms with Gasteiger partial charge in [0.25, 0.3) is 0 Å². The summed E-state index contributed by atoms with van der Waals surface area (Å²) < 4.78 is 18.7. The SMILES string of the molecule is C.CCOc1c(Br)c(Cl)cc2c(N3CCC4(CC3)CN(C(=O)OC(C)(C)C)C4)nc(OC3CCN(CC)CC3)nc12. The summed E-state index contributed by atoms with van der Waals surface area (Å²) in [7, 11) is 0. The number of likely N-dealkylation sites (tertiary alicyclic amines) is 2. The molecule has 3 aliphatic heterocycles. The maximum Gasteiger partial charge on any atom is 0.410 e. The Morgan fingerprint density at radius 1 is 1.12 bits per heavy atom. The summed E-state index contributed by atoms with van der Waals surface area (Å²) >= 11 is 10.3. The Bertz CT molecular complexity index is 1230. The average molecular weight is 655 g/mol. The number of ether oxygens (including phenoxy) is 3. The van der Waals surface area contributed by atoms with Gasteiger partial charge in [-0.15, -0.1) is 0 Å². The van der Waals surface area contributed by atoms with Crippen molar-refractivity contribution in [2.75, 3.05) is 57.3 Å². The number of benzene rings is 1. The predicted octanol–water partition coefficient (Wildman–Crippen LogP) is 6.78. The lowest BCUT2D eigenvalue weighted by Gasteiger charge is -2.53. The van der Waals surface area contributed by atoms with Crippen LogP contribution in [0, 0.1) is 5.41 Å². The van der Waals surface area contributed by atoms with Gasteiger partial charge in [-0.25, -0.2) is 4.79 Å². The van der Waals surface area contributed by atoms with Gasteiger partial charge in [0.05, 0.1) is 16.1 Å². The highest BCUT2D eigenvalue weighted by Gasteiger charge is 2.48. The molecule has 228 valence electrons. The van der Waals surface area contributed by atoms with Gasteiger partial charge < -0.3 is 28.9 Å². The summed E-state index contributed by atoms with van der Waals surface area (Å²) in [6.45, 7) is 16.5.